The molecule has 5 heteroatoms. The summed E-state index contributed by atoms with van der Waals surface area (Å²) in [5, 5.41) is 0. The molecule has 2 N–H and O–H groups in total. The highest BCUT2D eigenvalue weighted by molar-refractivity contribution is 5.32. The van der Waals surface area contributed by atoms with Gasteiger partial charge in [0, 0.05) is 25.7 Å². The van der Waals surface area contributed by atoms with E-state index in [1.807, 2.05) is 0 Å². The third-order valence-corrected chi connectivity index (χ3v) is 4.92. The molecule has 3 rings (SSSR count). The summed E-state index contributed by atoms with van der Waals surface area (Å²) in [6, 6.07) is 5.09. The zero-order valence-corrected chi connectivity index (χ0v) is 11.9. The van der Waals surface area contributed by atoms with E-state index < -0.39 is 17.8 Å². The maximum atomic E-state index is 13.0. The van der Waals surface area contributed by atoms with Gasteiger partial charge in [-0.2, -0.15) is 13.2 Å². The zero-order valence-electron chi connectivity index (χ0n) is 11.9. The average Bonchev–Trinajstić information content (AvgIpc) is 2.98. The molecule has 2 aliphatic rings. The van der Waals surface area contributed by atoms with E-state index in [0.29, 0.717) is 6.54 Å². The van der Waals surface area contributed by atoms with E-state index >= 15 is 0 Å². The highest BCUT2D eigenvalue weighted by atomic mass is 19.4. The lowest BCUT2D eigenvalue weighted by molar-refractivity contribution is -0.138. The highest BCUT2D eigenvalue weighted by Gasteiger charge is 2.38. The van der Waals surface area contributed by atoms with Crippen LogP contribution < -0.4 is 5.73 Å². The average molecular weight is 298 g/mol. The molecule has 2 nitrogen and oxygen atoms in total. The summed E-state index contributed by atoms with van der Waals surface area (Å²) < 4.78 is 39.1. The number of halogens is 3. The van der Waals surface area contributed by atoms with Gasteiger partial charge in [-0.3, -0.25) is 0 Å². The quantitative estimate of drug-likeness (QED) is 0.926. The van der Waals surface area contributed by atoms with Crippen LogP contribution in [0.1, 0.15) is 36.4 Å². The van der Waals surface area contributed by atoms with Crippen molar-refractivity contribution in [2.75, 3.05) is 19.6 Å². The lowest BCUT2D eigenvalue weighted by Gasteiger charge is -2.24. The molecule has 1 aromatic carbocycles. The molecule has 1 aliphatic heterocycles. The number of rotatable bonds is 3. The highest BCUT2D eigenvalue weighted by Crippen LogP contribution is 2.39. The molecule has 1 saturated heterocycles. The summed E-state index contributed by atoms with van der Waals surface area (Å²) in [6.45, 7) is 2.50. The lowest BCUT2D eigenvalue weighted by atomic mass is 10.00. The smallest absolute Gasteiger partial charge is 0.323 e. The fourth-order valence-electron chi connectivity index (χ4n) is 3.94. The lowest BCUT2D eigenvalue weighted by Crippen LogP contribution is -2.32. The van der Waals surface area contributed by atoms with Gasteiger partial charge in [-0.15, -0.1) is 0 Å². The summed E-state index contributed by atoms with van der Waals surface area (Å²) in [7, 11) is 0. The Morgan fingerprint density at radius 3 is 2.38 bits per heavy atom. The zero-order chi connectivity index (χ0) is 15.0. The minimum absolute atomic E-state index is 0.210. The first kappa shape index (κ1) is 14.9. The van der Waals surface area contributed by atoms with E-state index in [0.717, 1.165) is 31.0 Å². The van der Waals surface area contributed by atoms with Crippen LogP contribution in [0.3, 0.4) is 0 Å². The van der Waals surface area contributed by atoms with Gasteiger partial charge < -0.3 is 10.6 Å². The first-order chi connectivity index (χ1) is 9.95. The topological polar surface area (TPSA) is 29.3 Å². The second kappa shape index (κ2) is 5.61. The molecule has 0 spiro atoms. The van der Waals surface area contributed by atoms with Crippen LogP contribution in [-0.4, -0.2) is 24.5 Å². The van der Waals surface area contributed by atoms with E-state index in [4.69, 9.17) is 5.73 Å². The summed E-state index contributed by atoms with van der Waals surface area (Å²) in [4.78, 5) is 2.24. The Morgan fingerprint density at radius 2 is 1.76 bits per heavy atom. The number of hydrogen-bond donors (Lipinski definition) is 1. The minimum Gasteiger partial charge on any atom is -0.323 e. The standard InChI is InChI=1S/C16H21F3N2/c17-16(18,19)14-7-2-1-6-13(14)15(20)10-21-8-11-4-3-5-12(11)9-21/h1-2,6-7,11-12,15H,3-5,8-10,20H2. The van der Waals surface area contributed by atoms with Crippen molar-refractivity contribution < 1.29 is 13.2 Å². The molecule has 116 valence electrons. The number of likely N-dealkylation sites (tertiary alicyclic amines) is 1. The van der Waals surface area contributed by atoms with Gasteiger partial charge in [0.25, 0.3) is 0 Å². The first-order valence-corrected chi connectivity index (χ1v) is 7.59. The van der Waals surface area contributed by atoms with Crippen LogP contribution in [0.2, 0.25) is 0 Å². The Bertz CT molecular complexity index is 489. The molecule has 0 radical (unpaired) electrons. The van der Waals surface area contributed by atoms with E-state index in [9.17, 15) is 13.2 Å². The number of benzene rings is 1. The Balaban J connectivity index is 1.70. The molecule has 1 aliphatic carbocycles. The predicted molar refractivity (Wildman–Crippen MR) is 75.6 cm³/mol. The molecule has 2 fully saturated rings. The van der Waals surface area contributed by atoms with Crippen LogP contribution in [0, 0.1) is 11.8 Å². The molecular weight excluding hydrogens is 277 g/mol. The van der Waals surface area contributed by atoms with Crippen molar-refractivity contribution in [3.05, 3.63) is 35.4 Å². The van der Waals surface area contributed by atoms with Gasteiger partial charge in [-0.1, -0.05) is 24.6 Å². The number of nitrogens with two attached hydrogens (primary N) is 1. The van der Waals surface area contributed by atoms with Gasteiger partial charge in [-0.05, 0) is 36.3 Å². The van der Waals surface area contributed by atoms with Crippen molar-refractivity contribution in [3.63, 3.8) is 0 Å². The molecule has 0 amide bonds. The van der Waals surface area contributed by atoms with E-state index in [-0.39, 0.29) is 5.56 Å². The van der Waals surface area contributed by atoms with E-state index in [1.54, 1.807) is 6.07 Å². The summed E-state index contributed by atoms with van der Waals surface area (Å²) in [6.07, 6.45) is -0.521. The molecule has 1 heterocycles. The number of alkyl halides is 3. The van der Waals surface area contributed by atoms with Crippen molar-refractivity contribution in [2.24, 2.45) is 17.6 Å². The summed E-state index contributed by atoms with van der Waals surface area (Å²) in [5.41, 5.74) is 5.69. The summed E-state index contributed by atoms with van der Waals surface area (Å²) in [5.74, 6) is 1.46. The number of hydrogen-bond acceptors (Lipinski definition) is 2. The van der Waals surface area contributed by atoms with Crippen LogP contribution >= 0.6 is 0 Å². The SMILES string of the molecule is NC(CN1CC2CCCC2C1)c1ccccc1C(F)(F)F. The predicted octanol–water partition coefficient (Wildman–Crippen LogP) is 3.44. The van der Waals surface area contributed by atoms with Crippen LogP contribution in [0.4, 0.5) is 13.2 Å². The van der Waals surface area contributed by atoms with Gasteiger partial charge in [0.15, 0.2) is 0 Å². The van der Waals surface area contributed by atoms with Crippen molar-refractivity contribution in [2.45, 2.75) is 31.5 Å². The fourth-order valence-corrected chi connectivity index (χ4v) is 3.94. The molecular formula is C16H21F3N2. The number of nitrogens with zero attached hydrogens (tertiary/aromatic N) is 1. The van der Waals surface area contributed by atoms with Crippen LogP contribution in [-0.2, 0) is 6.18 Å². The van der Waals surface area contributed by atoms with Crippen molar-refractivity contribution in [3.8, 4) is 0 Å². The molecule has 3 atom stereocenters. The Hall–Kier alpha value is -1.07. The molecule has 0 bridgehead atoms. The molecule has 1 aromatic rings. The van der Waals surface area contributed by atoms with Gasteiger partial charge >= 0.3 is 6.18 Å². The third-order valence-electron chi connectivity index (χ3n) is 4.92. The normalized spacial score (nSPS) is 27.8. The second-order valence-corrected chi connectivity index (χ2v) is 6.36. The Kier molecular flexibility index (Phi) is 3.97. The van der Waals surface area contributed by atoms with E-state index in [2.05, 4.69) is 4.90 Å². The third kappa shape index (κ3) is 3.09. The van der Waals surface area contributed by atoms with Crippen molar-refractivity contribution in [1.29, 1.82) is 0 Å². The first-order valence-electron chi connectivity index (χ1n) is 7.59. The molecule has 21 heavy (non-hydrogen) atoms. The van der Waals surface area contributed by atoms with Gasteiger partial charge in [0.05, 0.1) is 5.56 Å². The maximum Gasteiger partial charge on any atom is 0.416 e. The summed E-state index contributed by atoms with van der Waals surface area (Å²) >= 11 is 0. The fraction of sp³-hybridized carbons (Fsp3) is 0.625. The minimum atomic E-state index is -4.34. The maximum absolute atomic E-state index is 13.0. The monoisotopic (exact) mass is 298 g/mol. The van der Waals surface area contributed by atoms with E-state index in [1.165, 1.54) is 31.4 Å². The van der Waals surface area contributed by atoms with Gasteiger partial charge in [-0.25, -0.2) is 0 Å². The van der Waals surface area contributed by atoms with Gasteiger partial charge in [0.1, 0.15) is 0 Å². The largest absolute Gasteiger partial charge is 0.416 e. The van der Waals surface area contributed by atoms with Gasteiger partial charge in [0.2, 0.25) is 0 Å². The van der Waals surface area contributed by atoms with Crippen molar-refractivity contribution in [1.82, 2.24) is 4.90 Å². The molecule has 3 unspecified atom stereocenters. The van der Waals surface area contributed by atoms with Crippen LogP contribution in [0.15, 0.2) is 24.3 Å². The molecule has 1 saturated carbocycles. The van der Waals surface area contributed by atoms with Crippen LogP contribution in [0.5, 0.6) is 0 Å². The Labute approximate surface area is 123 Å². The van der Waals surface area contributed by atoms with Crippen LogP contribution in [0.25, 0.3) is 0 Å². The van der Waals surface area contributed by atoms with Crippen molar-refractivity contribution >= 4 is 0 Å². The Morgan fingerprint density at radius 1 is 1.14 bits per heavy atom. The number of fused-ring (bicyclic) bond motifs is 1. The second-order valence-electron chi connectivity index (χ2n) is 6.36. The molecule has 0 aromatic heterocycles.